The zero-order valence-corrected chi connectivity index (χ0v) is 13.6. The maximum Gasteiger partial charge on any atom is 0.355 e. The van der Waals surface area contributed by atoms with E-state index in [4.69, 9.17) is 32.7 Å². The van der Waals surface area contributed by atoms with Crippen LogP contribution >= 0.6 is 23.2 Å². The SMILES string of the molecule is CCOC(=O)c1[nH]c(C)c(C(=O)OC[C@H]2CC2(Cl)Cl)c1C. The first-order valence-electron chi connectivity index (χ1n) is 6.69. The largest absolute Gasteiger partial charge is 0.462 e. The molecule has 2 rings (SSSR count). The van der Waals surface area contributed by atoms with Crippen LogP contribution in [0, 0.1) is 19.8 Å². The Kier molecular flexibility index (Phi) is 4.54. The first kappa shape index (κ1) is 16.2. The summed E-state index contributed by atoms with van der Waals surface area (Å²) in [6.45, 7) is 5.54. The molecule has 1 aromatic heterocycles. The highest BCUT2D eigenvalue weighted by Gasteiger charge is 2.52. The lowest BCUT2D eigenvalue weighted by Gasteiger charge is -2.05. The Hall–Kier alpha value is -1.20. The van der Waals surface area contributed by atoms with E-state index in [0.717, 1.165) is 0 Å². The highest BCUT2D eigenvalue weighted by molar-refractivity contribution is 6.50. The number of carbonyl (C=O) groups is 2. The van der Waals surface area contributed by atoms with Crippen LogP contribution in [0.15, 0.2) is 0 Å². The lowest BCUT2D eigenvalue weighted by Crippen LogP contribution is -2.12. The van der Waals surface area contributed by atoms with E-state index >= 15 is 0 Å². The number of nitrogens with one attached hydrogen (secondary N) is 1. The number of rotatable bonds is 5. The van der Waals surface area contributed by atoms with Crippen LogP contribution in [-0.2, 0) is 9.47 Å². The maximum atomic E-state index is 12.1. The standard InChI is InChI=1S/C14H17Cl2NO4/c1-4-20-13(19)11-7(2)10(8(3)17-11)12(18)21-6-9-5-14(9,15)16/h9,17H,4-6H2,1-3H3/t9-/m1/s1. The number of carbonyl (C=O) groups excluding carboxylic acids is 2. The number of H-pyrrole nitrogens is 1. The summed E-state index contributed by atoms with van der Waals surface area (Å²) in [5.74, 6) is -1.01. The molecule has 1 heterocycles. The van der Waals surface area contributed by atoms with Gasteiger partial charge in [-0.15, -0.1) is 23.2 Å². The third kappa shape index (κ3) is 3.35. The molecular formula is C14H17Cl2NO4. The zero-order chi connectivity index (χ0) is 15.8. The Morgan fingerprint density at radius 1 is 1.29 bits per heavy atom. The summed E-state index contributed by atoms with van der Waals surface area (Å²) in [7, 11) is 0. The van der Waals surface area contributed by atoms with Gasteiger partial charge in [-0.05, 0) is 32.8 Å². The highest BCUT2D eigenvalue weighted by Crippen LogP contribution is 2.53. The molecule has 1 saturated carbocycles. The molecule has 5 nitrogen and oxygen atoms in total. The first-order chi connectivity index (χ1) is 9.77. The van der Waals surface area contributed by atoms with Crippen molar-refractivity contribution in [2.24, 2.45) is 5.92 Å². The molecule has 0 aliphatic heterocycles. The molecule has 1 aliphatic carbocycles. The van der Waals surface area contributed by atoms with Crippen LogP contribution in [0.3, 0.4) is 0 Å². The average molecular weight is 334 g/mol. The smallest absolute Gasteiger partial charge is 0.355 e. The minimum atomic E-state index is -0.779. The van der Waals surface area contributed by atoms with Crippen LogP contribution in [0.1, 0.15) is 45.4 Å². The topological polar surface area (TPSA) is 68.4 Å². The molecule has 0 unspecified atom stereocenters. The normalized spacial score (nSPS) is 19.2. The van der Waals surface area contributed by atoms with Gasteiger partial charge in [-0.25, -0.2) is 9.59 Å². The molecule has 0 amide bonds. The van der Waals surface area contributed by atoms with Crippen molar-refractivity contribution in [1.29, 1.82) is 0 Å². The first-order valence-corrected chi connectivity index (χ1v) is 7.44. The fraction of sp³-hybridized carbons (Fsp3) is 0.571. The van der Waals surface area contributed by atoms with E-state index in [2.05, 4.69) is 4.98 Å². The van der Waals surface area contributed by atoms with Gasteiger partial charge >= 0.3 is 11.9 Å². The number of hydrogen-bond acceptors (Lipinski definition) is 4. The van der Waals surface area contributed by atoms with E-state index in [0.29, 0.717) is 23.2 Å². The maximum absolute atomic E-state index is 12.1. The molecule has 7 heteroatoms. The van der Waals surface area contributed by atoms with Crippen molar-refractivity contribution in [3.63, 3.8) is 0 Å². The van der Waals surface area contributed by atoms with Gasteiger partial charge in [-0.3, -0.25) is 0 Å². The van der Waals surface area contributed by atoms with E-state index < -0.39 is 16.3 Å². The third-order valence-electron chi connectivity index (χ3n) is 3.49. The summed E-state index contributed by atoms with van der Waals surface area (Å²) in [4.78, 5) is 26.8. The average Bonchev–Trinajstić information content (AvgIpc) is 2.89. The number of aromatic amines is 1. The molecule has 0 bridgehead atoms. The van der Waals surface area contributed by atoms with Gasteiger partial charge in [-0.2, -0.15) is 0 Å². The van der Waals surface area contributed by atoms with Crippen LogP contribution in [0.2, 0.25) is 0 Å². The summed E-state index contributed by atoms with van der Waals surface area (Å²) >= 11 is 11.8. The van der Waals surface area contributed by atoms with Crippen molar-refractivity contribution < 1.29 is 19.1 Å². The lowest BCUT2D eigenvalue weighted by atomic mass is 10.1. The van der Waals surface area contributed by atoms with Crippen LogP contribution in [0.5, 0.6) is 0 Å². The molecule has 1 atom stereocenters. The molecular weight excluding hydrogens is 317 g/mol. The van der Waals surface area contributed by atoms with Crippen molar-refractivity contribution in [2.75, 3.05) is 13.2 Å². The molecule has 1 fully saturated rings. The van der Waals surface area contributed by atoms with E-state index in [-0.39, 0.29) is 24.8 Å². The van der Waals surface area contributed by atoms with Crippen molar-refractivity contribution in [2.45, 2.75) is 31.5 Å². The van der Waals surface area contributed by atoms with E-state index in [1.54, 1.807) is 20.8 Å². The Morgan fingerprint density at radius 2 is 1.90 bits per heavy atom. The summed E-state index contributed by atoms with van der Waals surface area (Å²) in [6, 6.07) is 0. The van der Waals surface area contributed by atoms with Gasteiger partial charge in [0.2, 0.25) is 0 Å². The zero-order valence-electron chi connectivity index (χ0n) is 12.1. The van der Waals surface area contributed by atoms with E-state index in [1.807, 2.05) is 0 Å². The fourth-order valence-corrected chi connectivity index (χ4v) is 2.66. The minimum Gasteiger partial charge on any atom is -0.462 e. The number of hydrogen-bond donors (Lipinski definition) is 1. The minimum absolute atomic E-state index is 0.0335. The van der Waals surface area contributed by atoms with Crippen molar-refractivity contribution >= 4 is 35.1 Å². The van der Waals surface area contributed by atoms with Crippen LogP contribution < -0.4 is 0 Å². The van der Waals surface area contributed by atoms with Gasteiger partial charge in [0.25, 0.3) is 0 Å². The molecule has 1 aliphatic rings. The Labute approximate surface area is 132 Å². The number of esters is 2. The van der Waals surface area contributed by atoms with Crippen LogP contribution in [0.25, 0.3) is 0 Å². The van der Waals surface area contributed by atoms with Gasteiger partial charge < -0.3 is 14.5 Å². The van der Waals surface area contributed by atoms with Gasteiger partial charge in [0.05, 0.1) is 18.8 Å². The van der Waals surface area contributed by atoms with Crippen LogP contribution in [-0.4, -0.2) is 34.5 Å². The van der Waals surface area contributed by atoms with Crippen molar-refractivity contribution in [3.05, 3.63) is 22.5 Å². The number of alkyl halides is 2. The molecule has 0 spiro atoms. The molecule has 1 N–H and O–H groups in total. The summed E-state index contributed by atoms with van der Waals surface area (Å²) < 4.78 is 9.38. The quantitative estimate of drug-likeness (QED) is 0.663. The van der Waals surface area contributed by atoms with Gasteiger partial charge in [-0.1, -0.05) is 0 Å². The Morgan fingerprint density at radius 3 is 2.43 bits per heavy atom. The Bertz CT molecular complexity index is 580. The molecule has 0 radical (unpaired) electrons. The third-order valence-corrected chi connectivity index (χ3v) is 4.42. The van der Waals surface area contributed by atoms with E-state index in [1.165, 1.54) is 0 Å². The molecule has 116 valence electrons. The van der Waals surface area contributed by atoms with Crippen LogP contribution in [0.4, 0.5) is 0 Å². The lowest BCUT2D eigenvalue weighted by molar-refractivity contribution is 0.0483. The van der Waals surface area contributed by atoms with Gasteiger partial charge in [0, 0.05) is 11.6 Å². The number of aryl methyl sites for hydroxylation is 1. The highest BCUT2D eigenvalue weighted by atomic mass is 35.5. The monoisotopic (exact) mass is 333 g/mol. The molecule has 0 aromatic carbocycles. The van der Waals surface area contributed by atoms with Crippen molar-refractivity contribution in [1.82, 2.24) is 4.98 Å². The summed E-state index contributed by atoms with van der Waals surface area (Å²) in [6.07, 6.45) is 0.614. The molecule has 1 aromatic rings. The summed E-state index contributed by atoms with van der Waals surface area (Å²) in [5.41, 5.74) is 1.72. The number of ether oxygens (including phenoxy) is 2. The van der Waals surface area contributed by atoms with Gasteiger partial charge in [0.15, 0.2) is 0 Å². The molecule has 0 saturated heterocycles. The predicted molar refractivity (Wildman–Crippen MR) is 79.0 cm³/mol. The Balaban J connectivity index is 2.08. The second-order valence-corrected chi connectivity index (χ2v) is 6.65. The number of halogens is 2. The van der Waals surface area contributed by atoms with Crippen molar-refractivity contribution in [3.8, 4) is 0 Å². The fourth-order valence-electron chi connectivity index (χ4n) is 2.16. The number of aromatic nitrogens is 1. The predicted octanol–water partition coefficient (Wildman–Crippen LogP) is 3.16. The summed E-state index contributed by atoms with van der Waals surface area (Å²) in [5, 5.41) is 0. The molecule has 21 heavy (non-hydrogen) atoms. The van der Waals surface area contributed by atoms with Gasteiger partial charge in [0.1, 0.15) is 10.0 Å². The second kappa shape index (κ2) is 5.89. The second-order valence-electron chi connectivity index (χ2n) is 5.11. The van der Waals surface area contributed by atoms with E-state index in [9.17, 15) is 9.59 Å².